The maximum absolute atomic E-state index is 13.1. The molecule has 3 rings (SSSR count). The van der Waals surface area contributed by atoms with Crippen molar-refractivity contribution < 1.29 is 14.2 Å². The number of ether oxygens (including phenoxy) is 1. The fraction of sp³-hybridized carbons (Fsp3) is 0.412. The zero-order valence-corrected chi connectivity index (χ0v) is 13.4. The highest BCUT2D eigenvalue weighted by atomic mass is 19.1. The molecule has 1 fully saturated rings. The number of anilines is 1. The Hall–Kier alpha value is -2.09. The van der Waals surface area contributed by atoms with Crippen LogP contribution >= 0.6 is 0 Å². The van der Waals surface area contributed by atoms with Crippen LogP contribution in [-0.4, -0.2) is 47.9 Å². The number of rotatable bonds is 6. The molecule has 1 aliphatic heterocycles. The first-order valence-electron chi connectivity index (χ1n) is 8.00. The van der Waals surface area contributed by atoms with Gasteiger partial charge < -0.3 is 20.1 Å². The lowest BCUT2D eigenvalue weighted by Gasteiger charge is -2.26. The number of hydrogen-bond acceptors (Lipinski definition) is 6. The number of halogens is 1. The first-order valence-corrected chi connectivity index (χ1v) is 8.00. The molecule has 6 nitrogen and oxygen atoms in total. The van der Waals surface area contributed by atoms with Crippen molar-refractivity contribution >= 4 is 5.95 Å². The summed E-state index contributed by atoms with van der Waals surface area (Å²) in [6.45, 7) is 3.87. The summed E-state index contributed by atoms with van der Waals surface area (Å²) in [5, 5.41) is 13.2. The van der Waals surface area contributed by atoms with Gasteiger partial charge in [0.25, 0.3) is 0 Å². The van der Waals surface area contributed by atoms with Crippen LogP contribution in [0.15, 0.2) is 36.7 Å². The molecule has 24 heavy (non-hydrogen) atoms. The highest BCUT2D eigenvalue weighted by Crippen LogP contribution is 2.13. The van der Waals surface area contributed by atoms with Crippen LogP contribution in [0.25, 0.3) is 0 Å². The Morgan fingerprint density at radius 3 is 2.71 bits per heavy atom. The third-order valence-corrected chi connectivity index (χ3v) is 3.89. The van der Waals surface area contributed by atoms with Crippen LogP contribution in [0.2, 0.25) is 0 Å². The third-order valence-electron chi connectivity index (χ3n) is 3.89. The minimum absolute atomic E-state index is 0.328. The summed E-state index contributed by atoms with van der Waals surface area (Å²) in [7, 11) is 0. The van der Waals surface area contributed by atoms with Crippen LogP contribution in [0, 0.1) is 5.82 Å². The van der Waals surface area contributed by atoms with Gasteiger partial charge in [0.15, 0.2) is 0 Å². The second kappa shape index (κ2) is 8.14. The lowest BCUT2D eigenvalue weighted by Crippen LogP contribution is -2.37. The number of aliphatic hydroxyl groups excluding tert-OH is 1. The Morgan fingerprint density at radius 2 is 2.00 bits per heavy atom. The van der Waals surface area contributed by atoms with Crippen molar-refractivity contribution in [1.82, 2.24) is 15.3 Å². The number of nitrogens with zero attached hydrogens (tertiary/aromatic N) is 3. The van der Waals surface area contributed by atoms with Gasteiger partial charge in [-0.05, 0) is 17.7 Å². The summed E-state index contributed by atoms with van der Waals surface area (Å²) in [6.07, 6.45) is 2.80. The zero-order chi connectivity index (χ0) is 16.8. The van der Waals surface area contributed by atoms with Crippen molar-refractivity contribution in [3.05, 3.63) is 53.6 Å². The molecular weight excluding hydrogens is 311 g/mol. The van der Waals surface area contributed by atoms with Gasteiger partial charge in [-0.1, -0.05) is 12.1 Å². The fourth-order valence-electron chi connectivity index (χ4n) is 2.55. The first kappa shape index (κ1) is 16.8. The Morgan fingerprint density at radius 1 is 1.25 bits per heavy atom. The second-order valence-corrected chi connectivity index (χ2v) is 5.69. The molecule has 0 radical (unpaired) electrons. The van der Waals surface area contributed by atoms with E-state index in [9.17, 15) is 9.50 Å². The van der Waals surface area contributed by atoms with E-state index in [4.69, 9.17) is 4.74 Å². The molecule has 0 amide bonds. The Labute approximate surface area is 140 Å². The molecule has 2 aromatic rings. The SMILES string of the molecule is O[C@H](CNCc1cnc(N2CCOCC2)nc1)c1cccc(F)c1. The van der Waals surface area contributed by atoms with Crippen LogP contribution in [0.5, 0.6) is 0 Å². The molecule has 2 heterocycles. The number of nitrogens with one attached hydrogen (secondary N) is 1. The summed E-state index contributed by atoms with van der Waals surface area (Å²) in [5.41, 5.74) is 1.49. The summed E-state index contributed by atoms with van der Waals surface area (Å²) >= 11 is 0. The van der Waals surface area contributed by atoms with E-state index in [1.54, 1.807) is 24.5 Å². The van der Waals surface area contributed by atoms with E-state index in [2.05, 4.69) is 20.2 Å². The molecule has 1 aromatic heterocycles. The van der Waals surface area contributed by atoms with Crippen molar-refractivity contribution in [3.63, 3.8) is 0 Å². The third kappa shape index (κ3) is 4.47. The van der Waals surface area contributed by atoms with Crippen molar-refractivity contribution in [1.29, 1.82) is 0 Å². The van der Waals surface area contributed by atoms with Gasteiger partial charge in [-0.3, -0.25) is 0 Å². The number of hydrogen-bond donors (Lipinski definition) is 2. The van der Waals surface area contributed by atoms with Crippen LogP contribution in [-0.2, 0) is 11.3 Å². The van der Waals surface area contributed by atoms with Gasteiger partial charge in [-0.15, -0.1) is 0 Å². The minimum Gasteiger partial charge on any atom is -0.387 e. The number of morpholine rings is 1. The first-order chi connectivity index (χ1) is 11.7. The Balaban J connectivity index is 1.48. The summed E-state index contributed by atoms with van der Waals surface area (Å²) in [5.74, 6) is 0.362. The molecular formula is C17H21FN4O2. The molecule has 128 valence electrons. The molecule has 0 bridgehead atoms. The molecule has 1 atom stereocenters. The topological polar surface area (TPSA) is 70.5 Å². The van der Waals surface area contributed by atoms with E-state index in [1.165, 1.54) is 12.1 Å². The van der Waals surface area contributed by atoms with E-state index < -0.39 is 6.10 Å². The Bertz CT molecular complexity index is 647. The molecule has 0 spiro atoms. The van der Waals surface area contributed by atoms with E-state index in [-0.39, 0.29) is 5.82 Å². The minimum atomic E-state index is -0.755. The predicted octanol–water partition coefficient (Wildman–Crippen LogP) is 1.28. The predicted molar refractivity (Wildman–Crippen MR) is 88.1 cm³/mol. The molecule has 0 unspecified atom stereocenters. The van der Waals surface area contributed by atoms with E-state index in [1.807, 2.05) is 0 Å². The van der Waals surface area contributed by atoms with Gasteiger partial charge in [0.1, 0.15) is 5.82 Å². The zero-order valence-electron chi connectivity index (χ0n) is 13.4. The molecule has 7 heteroatoms. The summed E-state index contributed by atoms with van der Waals surface area (Å²) < 4.78 is 18.5. The summed E-state index contributed by atoms with van der Waals surface area (Å²) in [6, 6.07) is 5.99. The van der Waals surface area contributed by atoms with Gasteiger partial charge in [-0.2, -0.15) is 0 Å². The van der Waals surface area contributed by atoms with Gasteiger partial charge >= 0.3 is 0 Å². The smallest absolute Gasteiger partial charge is 0.225 e. The number of aromatic nitrogens is 2. The maximum atomic E-state index is 13.1. The quantitative estimate of drug-likeness (QED) is 0.830. The maximum Gasteiger partial charge on any atom is 0.225 e. The van der Waals surface area contributed by atoms with E-state index >= 15 is 0 Å². The highest BCUT2D eigenvalue weighted by Gasteiger charge is 2.13. The molecule has 0 aliphatic carbocycles. The van der Waals surface area contributed by atoms with Crippen molar-refractivity contribution in [3.8, 4) is 0 Å². The molecule has 1 aliphatic rings. The largest absolute Gasteiger partial charge is 0.387 e. The van der Waals surface area contributed by atoms with Crippen LogP contribution in [0.4, 0.5) is 10.3 Å². The second-order valence-electron chi connectivity index (χ2n) is 5.69. The van der Waals surface area contributed by atoms with Crippen molar-refractivity contribution in [2.24, 2.45) is 0 Å². The van der Waals surface area contributed by atoms with Gasteiger partial charge in [-0.25, -0.2) is 14.4 Å². The number of benzene rings is 1. The van der Waals surface area contributed by atoms with E-state index in [0.29, 0.717) is 37.8 Å². The van der Waals surface area contributed by atoms with Crippen LogP contribution in [0.1, 0.15) is 17.2 Å². The average Bonchev–Trinajstić information content (AvgIpc) is 2.63. The molecule has 2 N–H and O–H groups in total. The van der Waals surface area contributed by atoms with Crippen molar-refractivity contribution in [2.75, 3.05) is 37.7 Å². The number of aliphatic hydroxyl groups is 1. The fourth-order valence-corrected chi connectivity index (χ4v) is 2.55. The van der Waals surface area contributed by atoms with Crippen LogP contribution < -0.4 is 10.2 Å². The standard InChI is InChI=1S/C17H21FN4O2/c18-15-3-1-2-14(8-15)16(23)12-19-9-13-10-20-17(21-11-13)22-4-6-24-7-5-22/h1-3,8,10-11,16,19,23H,4-7,9,12H2/t16-/m1/s1. The van der Waals surface area contributed by atoms with Gasteiger partial charge in [0, 0.05) is 44.1 Å². The van der Waals surface area contributed by atoms with Crippen molar-refractivity contribution in [2.45, 2.75) is 12.6 Å². The monoisotopic (exact) mass is 332 g/mol. The molecule has 1 aromatic carbocycles. The lowest BCUT2D eigenvalue weighted by atomic mass is 10.1. The average molecular weight is 332 g/mol. The Kier molecular flexibility index (Phi) is 5.68. The van der Waals surface area contributed by atoms with E-state index in [0.717, 1.165) is 18.7 Å². The van der Waals surface area contributed by atoms with Gasteiger partial charge in [0.05, 0.1) is 19.3 Å². The molecule has 0 saturated carbocycles. The highest BCUT2D eigenvalue weighted by molar-refractivity contribution is 5.30. The summed E-state index contributed by atoms with van der Waals surface area (Å²) in [4.78, 5) is 10.8. The normalized spacial score (nSPS) is 16.2. The molecule has 1 saturated heterocycles. The van der Waals surface area contributed by atoms with Crippen LogP contribution in [0.3, 0.4) is 0 Å². The lowest BCUT2D eigenvalue weighted by molar-refractivity contribution is 0.122. The van der Waals surface area contributed by atoms with Gasteiger partial charge in [0.2, 0.25) is 5.95 Å².